The number of hydrogen-bond acceptors (Lipinski definition) is 3. The largest absolute Gasteiger partial charge is 0.435 e. The lowest BCUT2D eigenvalue weighted by Gasteiger charge is -2.25. The van der Waals surface area contributed by atoms with E-state index in [1.165, 1.54) is 94.6 Å². The average molecular weight is 553 g/mol. The molecule has 1 aliphatic rings. The van der Waals surface area contributed by atoms with Crippen molar-refractivity contribution in [3.8, 4) is 11.5 Å². The molecule has 2 nitrogen and oxygen atoms in total. The van der Waals surface area contributed by atoms with Crippen molar-refractivity contribution in [3.63, 3.8) is 0 Å². The number of aryl methyl sites for hydroxylation is 1. The summed E-state index contributed by atoms with van der Waals surface area (Å²) >= 11 is 6.08. The van der Waals surface area contributed by atoms with Crippen LogP contribution in [0.5, 0.6) is 11.5 Å². The number of rotatable bonds is 20. The van der Waals surface area contributed by atoms with E-state index in [4.69, 9.17) is 20.9 Å². The summed E-state index contributed by atoms with van der Waals surface area (Å²) in [5.74, 6) is 1.61. The van der Waals surface area contributed by atoms with Crippen LogP contribution in [-0.2, 0) is 18.2 Å². The standard InChI is InChI=1S/C34H49O2PS/c1-2-3-4-5-6-7-8-9-10-11-12-13-16-22-31-25-21-28-34(29-31)36-37(38,30-32-23-17-14-18-24-32)35-33-26-19-15-20-27-33/h15,17,19-21,23-29H,2-14,16,18,22,30H2,1H3. The lowest BCUT2D eigenvalue weighted by molar-refractivity contribution is 0.488. The van der Waals surface area contributed by atoms with Crippen LogP contribution < -0.4 is 9.05 Å². The second-order valence-corrected chi connectivity index (χ2v) is 14.2. The van der Waals surface area contributed by atoms with Gasteiger partial charge in [0, 0.05) is 0 Å². The Balaban J connectivity index is 1.40. The van der Waals surface area contributed by atoms with Gasteiger partial charge in [-0.15, -0.1) is 0 Å². The fourth-order valence-corrected chi connectivity index (χ4v) is 7.69. The van der Waals surface area contributed by atoms with Gasteiger partial charge >= 0.3 is 0 Å². The maximum absolute atomic E-state index is 6.50. The minimum absolute atomic E-state index is 0.636. The quantitative estimate of drug-likeness (QED) is 0.120. The van der Waals surface area contributed by atoms with E-state index in [1.807, 2.05) is 36.4 Å². The Labute approximate surface area is 238 Å². The summed E-state index contributed by atoms with van der Waals surface area (Å²) in [6.45, 7) is -0.309. The van der Waals surface area contributed by atoms with E-state index in [0.29, 0.717) is 6.16 Å². The molecule has 38 heavy (non-hydrogen) atoms. The van der Waals surface area contributed by atoms with Crippen LogP contribution in [0.3, 0.4) is 0 Å². The van der Waals surface area contributed by atoms with Gasteiger partial charge in [-0.3, -0.25) is 0 Å². The molecule has 0 heterocycles. The molecular weight excluding hydrogens is 503 g/mol. The number of allylic oxidation sites excluding steroid dienone is 4. The Morgan fingerprint density at radius 2 is 1.29 bits per heavy atom. The molecule has 2 aromatic rings. The summed E-state index contributed by atoms with van der Waals surface area (Å²) in [5.41, 5.74) is 2.54. The third-order valence-corrected chi connectivity index (χ3v) is 9.71. The number of para-hydroxylation sites is 1. The zero-order chi connectivity index (χ0) is 26.7. The fraction of sp³-hybridized carbons (Fsp3) is 0.529. The summed E-state index contributed by atoms with van der Waals surface area (Å²) in [6.07, 6.45) is 28.5. The molecule has 1 atom stereocenters. The van der Waals surface area contributed by atoms with Crippen molar-refractivity contribution in [2.24, 2.45) is 0 Å². The van der Waals surface area contributed by atoms with Gasteiger partial charge in [0.2, 0.25) is 0 Å². The Hall–Kier alpha value is -1.83. The van der Waals surface area contributed by atoms with Crippen molar-refractivity contribution < 1.29 is 9.05 Å². The van der Waals surface area contributed by atoms with E-state index >= 15 is 0 Å². The maximum atomic E-state index is 6.50. The average Bonchev–Trinajstić information content (AvgIpc) is 2.92. The fourth-order valence-electron chi connectivity index (χ4n) is 5.00. The van der Waals surface area contributed by atoms with Gasteiger partial charge in [-0.2, -0.15) is 0 Å². The summed E-state index contributed by atoms with van der Waals surface area (Å²) in [6, 6.07) is 18.4. The Morgan fingerprint density at radius 1 is 0.684 bits per heavy atom. The topological polar surface area (TPSA) is 18.5 Å². The zero-order valence-electron chi connectivity index (χ0n) is 23.6. The number of unbranched alkanes of at least 4 members (excludes halogenated alkanes) is 12. The molecule has 208 valence electrons. The molecule has 0 aromatic heterocycles. The molecule has 1 unspecified atom stereocenters. The lowest BCUT2D eigenvalue weighted by atomic mass is 10.0. The van der Waals surface area contributed by atoms with E-state index in [9.17, 15) is 0 Å². The summed E-state index contributed by atoms with van der Waals surface area (Å²) in [7, 11) is 0. The zero-order valence-corrected chi connectivity index (χ0v) is 25.3. The molecular formula is C34H49O2PS. The van der Waals surface area contributed by atoms with E-state index in [1.54, 1.807) is 0 Å². The highest BCUT2D eigenvalue weighted by Crippen LogP contribution is 2.50. The van der Waals surface area contributed by atoms with E-state index < -0.39 is 6.49 Å². The molecule has 0 aliphatic heterocycles. The molecule has 0 bridgehead atoms. The summed E-state index contributed by atoms with van der Waals surface area (Å²) in [4.78, 5) is 0. The SMILES string of the molecule is CCCCCCCCCCCCCCCc1cccc(OP(=S)(CC2=CCCC=C2)Oc2ccccc2)c1. The van der Waals surface area contributed by atoms with E-state index in [-0.39, 0.29) is 0 Å². The first-order valence-corrected chi connectivity index (χ1v) is 18.0. The van der Waals surface area contributed by atoms with Gasteiger partial charge in [-0.25, -0.2) is 0 Å². The molecule has 1 aliphatic carbocycles. The Bertz CT molecular complexity index is 1010. The van der Waals surface area contributed by atoms with Gasteiger partial charge in [0.1, 0.15) is 11.5 Å². The highest BCUT2D eigenvalue weighted by Gasteiger charge is 2.24. The second kappa shape index (κ2) is 18.5. The molecule has 0 radical (unpaired) electrons. The predicted octanol–water partition coefficient (Wildman–Crippen LogP) is 11.4. The molecule has 3 rings (SSSR count). The molecule has 0 fully saturated rings. The van der Waals surface area contributed by atoms with Crippen LogP contribution in [0.25, 0.3) is 0 Å². The smallest absolute Gasteiger partial charge is 0.292 e. The van der Waals surface area contributed by atoms with Gasteiger partial charge in [0.05, 0.1) is 6.16 Å². The molecule has 0 saturated carbocycles. The molecule has 0 N–H and O–H groups in total. The first-order valence-electron chi connectivity index (χ1n) is 15.1. The van der Waals surface area contributed by atoms with Crippen LogP contribution in [0.15, 0.2) is 78.4 Å². The van der Waals surface area contributed by atoms with Crippen LogP contribution in [0.1, 0.15) is 109 Å². The van der Waals surface area contributed by atoms with Gasteiger partial charge in [-0.05, 0) is 72.9 Å². The van der Waals surface area contributed by atoms with E-state index in [2.05, 4.69) is 43.4 Å². The van der Waals surface area contributed by atoms with Crippen LogP contribution in [0, 0.1) is 0 Å². The monoisotopic (exact) mass is 552 g/mol. The predicted molar refractivity (Wildman–Crippen MR) is 169 cm³/mol. The molecule has 0 saturated heterocycles. The van der Waals surface area contributed by atoms with Gasteiger partial charge in [-0.1, -0.05) is 133 Å². The molecule has 0 spiro atoms. The summed E-state index contributed by atoms with van der Waals surface area (Å²) in [5, 5.41) is 0. The van der Waals surface area contributed by atoms with Crippen molar-refractivity contribution in [1.29, 1.82) is 0 Å². The normalized spacial score (nSPS) is 14.6. The van der Waals surface area contributed by atoms with Crippen LogP contribution in [-0.4, -0.2) is 6.16 Å². The lowest BCUT2D eigenvalue weighted by Crippen LogP contribution is -2.07. The Morgan fingerprint density at radius 3 is 1.92 bits per heavy atom. The number of hydrogen-bond donors (Lipinski definition) is 0. The van der Waals surface area contributed by atoms with Crippen LogP contribution in [0.4, 0.5) is 0 Å². The third-order valence-electron chi connectivity index (χ3n) is 7.15. The highest BCUT2D eigenvalue weighted by atomic mass is 32.5. The van der Waals surface area contributed by atoms with Gasteiger partial charge in [0.15, 0.2) is 0 Å². The van der Waals surface area contributed by atoms with Crippen LogP contribution >= 0.6 is 6.49 Å². The first kappa shape index (κ1) is 30.7. The summed E-state index contributed by atoms with van der Waals surface area (Å²) < 4.78 is 12.9. The van der Waals surface area contributed by atoms with Crippen molar-refractivity contribution in [1.82, 2.24) is 0 Å². The van der Waals surface area contributed by atoms with Crippen molar-refractivity contribution >= 4 is 18.3 Å². The molecule has 2 aromatic carbocycles. The van der Waals surface area contributed by atoms with Gasteiger partial charge in [0.25, 0.3) is 6.49 Å². The van der Waals surface area contributed by atoms with Crippen LogP contribution in [0.2, 0.25) is 0 Å². The Kier molecular flexibility index (Phi) is 14.9. The van der Waals surface area contributed by atoms with Crippen molar-refractivity contribution in [2.45, 2.75) is 110 Å². The maximum Gasteiger partial charge on any atom is 0.292 e. The van der Waals surface area contributed by atoms with Gasteiger partial charge < -0.3 is 9.05 Å². The highest BCUT2D eigenvalue weighted by molar-refractivity contribution is 8.10. The first-order chi connectivity index (χ1) is 18.7. The molecule has 0 amide bonds. The minimum atomic E-state index is -2.60. The van der Waals surface area contributed by atoms with Crippen molar-refractivity contribution in [2.75, 3.05) is 6.16 Å². The van der Waals surface area contributed by atoms with Crippen molar-refractivity contribution in [3.05, 3.63) is 84.0 Å². The van der Waals surface area contributed by atoms with E-state index in [0.717, 1.165) is 30.8 Å². The molecule has 4 heteroatoms. The minimum Gasteiger partial charge on any atom is -0.435 e. The third kappa shape index (κ3) is 12.8. The second-order valence-electron chi connectivity index (χ2n) is 10.7. The number of benzene rings is 2.